The van der Waals surface area contributed by atoms with Crippen molar-refractivity contribution in [1.82, 2.24) is 19.9 Å². The van der Waals surface area contributed by atoms with Crippen molar-refractivity contribution in [3.63, 3.8) is 0 Å². The fraction of sp³-hybridized carbons (Fsp3) is 0.111. The highest BCUT2D eigenvalue weighted by Crippen LogP contribution is 2.28. The van der Waals surface area contributed by atoms with Gasteiger partial charge in [-0.15, -0.1) is 0 Å². The summed E-state index contributed by atoms with van der Waals surface area (Å²) in [6, 6.07) is 0. The normalized spacial score (nSPS) is 10.5. The lowest BCUT2D eigenvalue weighted by Gasteiger charge is -2.02. The third-order valence-corrected chi connectivity index (χ3v) is 3.51. The SMILES string of the molecule is Cc1cnc(-c2nc(Cl)c(Br)c(Cl)n2)nc1. The van der Waals surface area contributed by atoms with Gasteiger partial charge in [0.15, 0.2) is 5.82 Å². The quantitative estimate of drug-likeness (QED) is 0.757. The minimum absolute atomic E-state index is 0.235. The van der Waals surface area contributed by atoms with Crippen LogP contribution in [-0.2, 0) is 0 Å². The third-order valence-electron chi connectivity index (χ3n) is 1.75. The van der Waals surface area contributed by atoms with Crippen LogP contribution < -0.4 is 0 Å². The molecule has 7 heteroatoms. The summed E-state index contributed by atoms with van der Waals surface area (Å²) in [6.45, 7) is 1.90. The van der Waals surface area contributed by atoms with Gasteiger partial charge in [0.05, 0.1) is 4.47 Å². The third kappa shape index (κ3) is 2.31. The molecule has 0 fully saturated rings. The van der Waals surface area contributed by atoms with E-state index in [1.165, 1.54) is 0 Å². The second-order valence-electron chi connectivity index (χ2n) is 3.03. The van der Waals surface area contributed by atoms with Gasteiger partial charge < -0.3 is 0 Å². The van der Waals surface area contributed by atoms with Gasteiger partial charge in [-0.05, 0) is 28.4 Å². The van der Waals surface area contributed by atoms with E-state index in [1.54, 1.807) is 12.4 Å². The molecule has 16 heavy (non-hydrogen) atoms. The fourth-order valence-corrected chi connectivity index (χ4v) is 1.57. The van der Waals surface area contributed by atoms with Crippen LogP contribution in [0.4, 0.5) is 0 Å². The van der Waals surface area contributed by atoms with Crippen molar-refractivity contribution in [2.45, 2.75) is 6.92 Å². The van der Waals surface area contributed by atoms with Crippen molar-refractivity contribution in [3.05, 3.63) is 32.7 Å². The van der Waals surface area contributed by atoms with E-state index in [4.69, 9.17) is 23.2 Å². The maximum absolute atomic E-state index is 5.86. The van der Waals surface area contributed by atoms with Gasteiger partial charge in [-0.3, -0.25) is 0 Å². The van der Waals surface area contributed by atoms with Gasteiger partial charge in [-0.1, -0.05) is 23.2 Å². The van der Waals surface area contributed by atoms with Gasteiger partial charge in [0, 0.05) is 12.4 Å². The van der Waals surface area contributed by atoms with Gasteiger partial charge in [-0.25, -0.2) is 19.9 Å². The zero-order chi connectivity index (χ0) is 11.7. The largest absolute Gasteiger partial charge is 0.234 e. The van der Waals surface area contributed by atoms with Crippen LogP contribution in [-0.4, -0.2) is 19.9 Å². The highest BCUT2D eigenvalue weighted by molar-refractivity contribution is 9.10. The Balaban J connectivity index is 2.52. The Labute approximate surface area is 110 Å². The van der Waals surface area contributed by atoms with E-state index < -0.39 is 0 Å². The van der Waals surface area contributed by atoms with E-state index in [1.807, 2.05) is 6.92 Å². The molecule has 4 nitrogen and oxygen atoms in total. The second-order valence-corrected chi connectivity index (χ2v) is 4.54. The maximum Gasteiger partial charge on any atom is 0.200 e. The number of aryl methyl sites for hydroxylation is 1. The predicted octanol–water partition coefficient (Wildman–Crippen LogP) is 3.31. The minimum atomic E-state index is 0.235. The molecule has 0 spiro atoms. The number of hydrogen-bond donors (Lipinski definition) is 0. The summed E-state index contributed by atoms with van der Waals surface area (Å²) >= 11 is 14.9. The summed E-state index contributed by atoms with van der Waals surface area (Å²) in [5.41, 5.74) is 0.957. The van der Waals surface area contributed by atoms with E-state index in [0.717, 1.165) is 5.56 Å². The number of nitrogens with zero attached hydrogens (tertiary/aromatic N) is 4. The molecule has 0 aliphatic rings. The first-order valence-corrected chi connectivity index (χ1v) is 5.80. The Bertz CT molecular complexity index is 507. The molecule has 2 aromatic rings. The first-order valence-electron chi connectivity index (χ1n) is 4.25. The molecule has 0 bridgehead atoms. The molecule has 0 amide bonds. The number of hydrogen-bond acceptors (Lipinski definition) is 4. The van der Waals surface area contributed by atoms with Crippen molar-refractivity contribution in [1.29, 1.82) is 0 Å². The van der Waals surface area contributed by atoms with Gasteiger partial charge >= 0.3 is 0 Å². The summed E-state index contributed by atoms with van der Waals surface area (Å²) < 4.78 is 0.465. The molecule has 0 saturated carbocycles. The van der Waals surface area contributed by atoms with Crippen LogP contribution in [0.2, 0.25) is 10.3 Å². The molecule has 82 valence electrons. The van der Waals surface area contributed by atoms with Crippen LogP contribution in [0.5, 0.6) is 0 Å². The Morgan fingerprint density at radius 2 is 1.50 bits per heavy atom. The molecule has 0 N–H and O–H groups in total. The molecule has 2 rings (SSSR count). The van der Waals surface area contributed by atoms with Crippen molar-refractivity contribution in [3.8, 4) is 11.6 Å². The van der Waals surface area contributed by atoms with E-state index in [-0.39, 0.29) is 10.3 Å². The average Bonchev–Trinajstić information content (AvgIpc) is 2.26. The molecule has 0 unspecified atom stereocenters. The molecule has 0 radical (unpaired) electrons. The van der Waals surface area contributed by atoms with Crippen LogP contribution in [0.15, 0.2) is 16.9 Å². The summed E-state index contributed by atoms with van der Waals surface area (Å²) in [5.74, 6) is 0.695. The Hall–Kier alpha value is -0.780. The van der Waals surface area contributed by atoms with Crippen LogP contribution in [0.25, 0.3) is 11.6 Å². The van der Waals surface area contributed by atoms with Crippen LogP contribution in [0, 0.1) is 6.92 Å². The molecule has 0 aromatic carbocycles. The Kier molecular flexibility index (Phi) is 3.37. The standard InChI is InChI=1S/C9H5BrCl2N4/c1-4-2-13-8(14-3-4)9-15-6(11)5(10)7(12)16-9/h2-3H,1H3. The van der Waals surface area contributed by atoms with Crippen molar-refractivity contribution < 1.29 is 0 Å². The molecule has 0 aliphatic heterocycles. The van der Waals surface area contributed by atoms with Gasteiger partial charge in [0.2, 0.25) is 5.82 Å². The zero-order valence-electron chi connectivity index (χ0n) is 8.08. The van der Waals surface area contributed by atoms with Crippen molar-refractivity contribution in [2.75, 3.05) is 0 Å². The van der Waals surface area contributed by atoms with E-state index >= 15 is 0 Å². The van der Waals surface area contributed by atoms with E-state index in [9.17, 15) is 0 Å². The number of aromatic nitrogens is 4. The fourth-order valence-electron chi connectivity index (χ4n) is 1.00. The minimum Gasteiger partial charge on any atom is -0.234 e. The zero-order valence-corrected chi connectivity index (χ0v) is 11.2. The molecular formula is C9H5BrCl2N4. The summed E-state index contributed by atoms with van der Waals surface area (Å²) in [5, 5.41) is 0.471. The molecule has 2 aromatic heterocycles. The highest BCUT2D eigenvalue weighted by Gasteiger charge is 2.12. The molecular weight excluding hydrogens is 315 g/mol. The second kappa shape index (κ2) is 4.61. The van der Waals surface area contributed by atoms with Crippen LogP contribution in [0.3, 0.4) is 0 Å². The Morgan fingerprint density at radius 1 is 1.00 bits per heavy atom. The van der Waals surface area contributed by atoms with E-state index in [0.29, 0.717) is 16.1 Å². The smallest absolute Gasteiger partial charge is 0.200 e. The van der Waals surface area contributed by atoms with Gasteiger partial charge in [0.25, 0.3) is 0 Å². The molecule has 2 heterocycles. The molecule has 0 saturated heterocycles. The average molecular weight is 320 g/mol. The lowest BCUT2D eigenvalue weighted by molar-refractivity contribution is 1.06. The molecule has 0 atom stereocenters. The van der Waals surface area contributed by atoms with Gasteiger partial charge in [-0.2, -0.15) is 0 Å². The van der Waals surface area contributed by atoms with E-state index in [2.05, 4.69) is 35.9 Å². The first kappa shape index (κ1) is 11.7. The van der Waals surface area contributed by atoms with Crippen molar-refractivity contribution >= 4 is 39.1 Å². The molecule has 0 aliphatic carbocycles. The summed E-state index contributed by atoms with van der Waals surface area (Å²) in [7, 11) is 0. The van der Waals surface area contributed by atoms with Gasteiger partial charge in [0.1, 0.15) is 10.3 Å². The monoisotopic (exact) mass is 318 g/mol. The number of rotatable bonds is 1. The number of halogens is 3. The predicted molar refractivity (Wildman–Crippen MR) is 65.5 cm³/mol. The van der Waals surface area contributed by atoms with Crippen molar-refractivity contribution in [2.24, 2.45) is 0 Å². The van der Waals surface area contributed by atoms with Crippen LogP contribution in [0.1, 0.15) is 5.56 Å². The topological polar surface area (TPSA) is 51.6 Å². The maximum atomic E-state index is 5.86. The lowest BCUT2D eigenvalue weighted by Crippen LogP contribution is -1.96. The van der Waals surface area contributed by atoms with Crippen LogP contribution >= 0.6 is 39.1 Å². The summed E-state index contributed by atoms with van der Waals surface area (Å²) in [4.78, 5) is 16.2. The summed E-state index contributed by atoms with van der Waals surface area (Å²) in [6.07, 6.45) is 3.35. The first-order chi connectivity index (χ1) is 7.58. The lowest BCUT2D eigenvalue weighted by atomic mass is 10.4. The Morgan fingerprint density at radius 3 is 2.00 bits per heavy atom. The highest BCUT2D eigenvalue weighted by atomic mass is 79.9.